The van der Waals surface area contributed by atoms with Crippen LogP contribution >= 0.6 is 0 Å². The maximum absolute atomic E-state index is 13.8. The van der Waals surface area contributed by atoms with Gasteiger partial charge in [0.25, 0.3) is 5.91 Å². The number of carbonyl (C=O) groups is 1. The number of hydrogen-bond donors (Lipinski definition) is 2. The highest BCUT2D eigenvalue weighted by Crippen LogP contribution is 2.20. The monoisotopic (exact) mass is 343 g/mol. The predicted molar refractivity (Wildman–Crippen MR) is 93.8 cm³/mol. The van der Waals surface area contributed by atoms with Gasteiger partial charge in [0, 0.05) is 18.7 Å². The van der Waals surface area contributed by atoms with Crippen LogP contribution in [0, 0.1) is 12.7 Å². The van der Waals surface area contributed by atoms with Gasteiger partial charge in [-0.15, -0.1) is 0 Å². The summed E-state index contributed by atoms with van der Waals surface area (Å²) >= 11 is 0. The van der Waals surface area contributed by atoms with E-state index in [1.165, 1.54) is 6.07 Å². The van der Waals surface area contributed by atoms with Crippen LogP contribution < -0.4 is 5.32 Å². The Labute approximate surface area is 146 Å². The highest BCUT2D eigenvalue weighted by Gasteiger charge is 2.29. The lowest BCUT2D eigenvalue weighted by Gasteiger charge is -2.22. The van der Waals surface area contributed by atoms with Crippen molar-refractivity contribution in [3.8, 4) is 0 Å². The largest absolute Gasteiger partial charge is 0.394 e. The number of amides is 1. The molecular formula is C19H22FN3O2. The van der Waals surface area contributed by atoms with Crippen LogP contribution in [0.5, 0.6) is 0 Å². The standard InChI is InChI=1S/C19H22FN3O2/c1-13-7-8-16(20)14(10-13)11-21-18-6-2-5-17(22-18)19(25)23-9-3-4-15(23)12-24/h2,5-8,10,15,24H,3-4,9,11-12H2,1H3,(H,21,22)/t15-/m0/s1. The number of nitrogens with one attached hydrogen (secondary N) is 1. The fourth-order valence-electron chi connectivity index (χ4n) is 3.12. The number of nitrogens with zero attached hydrogens (tertiary/aromatic N) is 2. The number of aliphatic hydroxyl groups excluding tert-OH is 1. The SMILES string of the molecule is Cc1ccc(F)c(CNc2cccc(C(=O)N3CCC[C@H]3CO)n2)c1. The lowest BCUT2D eigenvalue weighted by molar-refractivity contribution is 0.0672. The fraction of sp³-hybridized carbons (Fsp3) is 0.368. The predicted octanol–water partition coefficient (Wildman–Crippen LogP) is 2.74. The quantitative estimate of drug-likeness (QED) is 0.876. The first-order valence-electron chi connectivity index (χ1n) is 8.46. The number of likely N-dealkylation sites (tertiary alicyclic amines) is 1. The average Bonchev–Trinajstić information content (AvgIpc) is 3.11. The molecule has 0 radical (unpaired) electrons. The van der Waals surface area contributed by atoms with Gasteiger partial charge in [-0.25, -0.2) is 9.37 Å². The second-order valence-corrected chi connectivity index (χ2v) is 6.33. The number of benzene rings is 1. The van der Waals surface area contributed by atoms with E-state index in [9.17, 15) is 14.3 Å². The first kappa shape index (κ1) is 17.4. The van der Waals surface area contributed by atoms with Crippen molar-refractivity contribution in [2.75, 3.05) is 18.5 Å². The molecule has 1 saturated heterocycles. The lowest BCUT2D eigenvalue weighted by Crippen LogP contribution is -2.38. The smallest absolute Gasteiger partial charge is 0.272 e. The van der Waals surface area contributed by atoms with Crippen molar-refractivity contribution in [2.45, 2.75) is 32.4 Å². The molecule has 1 aliphatic rings. The Morgan fingerprint density at radius 2 is 2.24 bits per heavy atom. The molecule has 5 nitrogen and oxygen atoms in total. The maximum Gasteiger partial charge on any atom is 0.272 e. The molecule has 0 bridgehead atoms. The Morgan fingerprint density at radius 1 is 1.40 bits per heavy atom. The Kier molecular flexibility index (Phi) is 5.28. The van der Waals surface area contributed by atoms with Crippen molar-refractivity contribution < 1.29 is 14.3 Å². The second-order valence-electron chi connectivity index (χ2n) is 6.33. The molecule has 0 aliphatic carbocycles. The van der Waals surface area contributed by atoms with Gasteiger partial charge in [-0.05, 0) is 38.0 Å². The van der Waals surface area contributed by atoms with Crippen molar-refractivity contribution in [3.05, 3.63) is 59.0 Å². The van der Waals surface area contributed by atoms with E-state index in [0.717, 1.165) is 18.4 Å². The number of aliphatic hydroxyl groups is 1. The zero-order chi connectivity index (χ0) is 17.8. The first-order chi connectivity index (χ1) is 12.1. The topological polar surface area (TPSA) is 65.5 Å². The number of aryl methyl sites for hydroxylation is 1. The van der Waals surface area contributed by atoms with Gasteiger partial charge in [-0.2, -0.15) is 0 Å². The number of rotatable bonds is 5. The summed E-state index contributed by atoms with van der Waals surface area (Å²) in [5.74, 6) is 0.0709. The maximum atomic E-state index is 13.8. The molecule has 2 aromatic rings. The third kappa shape index (κ3) is 3.96. The molecule has 1 aromatic carbocycles. The molecule has 6 heteroatoms. The molecule has 0 unspecified atom stereocenters. The number of aromatic nitrogens is 1. The van der Waals surface area contributed by atoms with Crippen LogP contribution in [0.4, 0.5) is 10.2 Å². The molecule has 1 fully saturated rings. The summed E-state index contributed by atoms with van der Waals surface area (Å²) < 4.78 is 13.8. The van der Waals surface area contributed by atoms with Crippen LogP contribution in [-0.4, -0.2) is 40.1 Å². The lowest BCUT2D eigenvalue weighted by atomic mass is 10.1. The van der Waals surface area contributed by atoms with Crippen molar-refractivity contribution in [1.29, 1.82) is 0 Å². The summed E-state index contributed by atoms with van der Waals surface area (Å²) in [6.07, 6.45) is 1.70. The third-order valence-electron chi connectivity index (χ3n) is 4.48. The minimum Gasteiger partial charge on any atom is -0.394 e. The van der Waals surface area contributed by atoms with Gasteiger partial charge in [-0.1, -0.05) is 23.8 Å². The summed E-state index contributed by atoms with van der Waals surface area (Å²) in [5.41, 5.74) is 1.87. The van der Waals surface area contributed by atoms with Gasteiger partial charge >= 0.3 is 0 Å². The van der Waals surface area contributed by atoms with Gasteiger partial charge in [-0.3, -0.25) is 4.79 Å². The molecule has 3 rings (SSSR count). The Morgan fingerprint density at radius 3 is 3.04 bits per heavy atom. The van der Waals surface area contributed by atoms with E-state index in [1.807, 2.05) is 6.92 Å². The molecule has 0 spiro atoms. The second kappa shape index (κ2) is 7.61. The highest BCUT2D eigenvalue weighted by atomic mass is 19.1. The van der Waals surface area contributed by atoms with E-state index >= 15 is 0 Å². The molecule has 132 valence electrons. The van der Waals surface area contributed by atoms with Gasteiger partial charge in [0.2, 0.25) is 0 Å². The molecule has 2 N–H and O–H groups in total. The normalized spacial score (nSPS) is 16.9. The first-order valence-corrected chi connectivity index (χ1v) is 8.46. The van der Waals surface area contributed by atoms with E-state index in [1.54, 1.807) is 35.2 Å². The summed E-state index contributed by atoms with van der Waals surface area (Å²) in [6, 6.07) is 9.98. The van der Waals surface area contributed by atoms with Gasteiger partial charge in [0.05, 0.1) is 12.6 Å². The molecule has 2 heterocycles. The van der Waals surface area contributed by atoms with Crippen molar-refractivity contribution in [1.82, 2.24) is 9.88 Å². The Hall–Kier alpha value is -2.47. The third-order valence-corrected chi connectivity index (χ3v) is 4.48. The summed E-state index contributed by atoms with van der Waals surface area (Å²) in [6.45, 7) is 2.81. The van der Waals surface area contributed by atoms with Gasteiger partial charge < -0.3 is 15.3 Å². The van der Waals surface area contributed by atoms with E-state index in [2.05, 4.69) is 10.3 Å². The Bertz CT molecular complexity index is 766. The molecule has 1 amide bonds. The number of halogens is 1. The number of anilines is 1. The van der Waals surface area contributed by atoms with Crippen LogP contribution in [-0.2, 0) is 6.54 Å². The zero-order valence-corrected chi connectivity index (χ0v) is 14.2. The van der Waals surface area contributed by atoms with Crippen molar-refractivity contribution >= 4 is 11.7 Å². The summed E-state index contributed by atoms with van der Waals surface area (Å²) in [7, 11) is 0. The van der Waals surface area contributed by atoms with Crippen LogP contribution in [0.15, 0.2) is 36.4 Å². The van der Waals surface area contributed by atoms with E-state index in [-0.39, 0.29) is 24.4 Å². The highest BCUT2D eigenvalue weighted by molar-refractivity contribution is 5.93. The summed E-state index contributed by atoms with van der Waals surface area (Å²) in [4.78, 5) is 18.6. The molecule has 1 atom stereocenters. The van der Waals surface area contributed by atoms with Crippen LogP contribution in [0.25, 0.3) is 0 Å². The van der Waals surface area contributed by atoms with Crippen LogP contribution in [0.3, 0.4) is 0 Å². The molecular weight excluding hydrogens is 321 g/mol. The molecule has 25 heavy (non-hydrogen) atoms. The van der Waals surface area contributed by atoms with Crippen molar-refractivity contribution in [2.24, 2.45) is 0 Å². The van der Waals surface area contributed by atoms with Gasteiger partial charge in [0.1, 0.15) is 17.3 Å². The summed E-state index contributed by atoms with van der Waals surface area (Å²) in [5, 5.41) is 12.5. The minimum atomic E-state index is -0.270. The van der Waals surface area contributed by atoms with E-state index < -0.39 is 0 Å². The van der Waals surface area contributed by atoms with E-state index in [0.29, 0.717) is 30.2 Å². The number of carbonyl (C=O) groups excluding carboxylic acids is 1. The molecule has 0 saturated carbocycles. The fourth-order valence-corrected chi connectivity index (χ4v) is 3.12. The minimum absolute atomic E-state index is 0.0314. The van der Waals surface area contributed by atoms with Crippen LogP contribution in [0.2, 0.25) is 0 Å². The molecule has 1 aromatic heterocycles. The number of hydrogen-bond acceptors (Lipinski definition) is 4. The average molecular weight is 343 g/mol. The number of pyridine rings is 1. The van der Waals surface area contributed by atoms with E-state index in [4.69, 9.17) is 0 Å². The van der Waals surface area contributed by atoms with Gasteiger partial charge in [0.15, 0.2) is 0 Å². The van der Waals surface area contributed by atoms with Crippen molar-refractivity contribution in [3.63, 3.8) is 0 Å². The van der Waals surface area contributed by atoms with Crippen LogP contribution in [0.1, 0.15) is 34.5 Å². The molecule has 1 aliphatic heterocycles. The Balaban J connectivity index is 1.71. The zero-order valence-electron chi connectivity index (χ0n) is 14.2.